The predicted molar refractivity (Wildman–Crippen MR) is 161 cm³/mol. The zero-order valence-electron chi connectivity index (χ0n) is 24.0. The van der Waals surface area contributed by atoms with Crippen molar-refractivity contribution in [1.29, 1.82) is 0 Å². The number of Topliss-reactive ketones (excluding diaryl/α,β-unsaturated/α-hetero) is 1. The Morgan fingerprint density at radius 1 is 0.900 bits per heavy atom. The highest BCUT2D eigenvalue weighted by atomic mass is 16.2. The lowest BCUT2D eigenvalue weighted by molar-refractivity contribution is -0.116. The van der Waals surface area contributed by atoms with E-state index in [-0.39, 0.29) is 23.1 Å². The zero-order chi connectivity index (χ0) is 28.5. The fraction of sp³-hybridized carbons (Fsp3) is 0.324. The van der Waals surface area contributed by atoms with Crippen LogP contribution >= 0.6 is 0 Å². The highest BCUT2D eigenvalue weighted by Gasteiger charge is 2.38. The maximum Gasteiger partial charge on any atom is 0.254 e. The molecule has 0 aliphatic rings. The van der Waals surface area contributed by atoms with E-state index in [0.29, 0.717) is 38.2 Å². The van der Waals surface area contributed by atoms with E-state index in [2.05, 4.69) is 61.1 Å². The smallest absolute Gasteiger partial charge is 0.254 e. The summed E-state index contributed by atoms with van der Waals surface area (Å²) in [5.41, 5.74) is 3.43. The van der Waals surface area contributed by atoms with Gasteiger partial charge in [-0.3, -0.25) is 9.59 Å². The Balaban J connectivity index is 1.79. The van der Waals surface area contributed by atoms with Gasteiger partial charge in [0.25, 0.3) is 5.91 Å². The molecule has 1 aromatic heterocycles. The Kier molecular flexibility index (Phi) is 9.67. The summed E-state index contributed by atoms with van der Waals surface area (Å²) in [5, 5.41) is 3.20. The average molecular weight is 537 g/mol. The summed E-state index contributed by atoms with van der Waals surface area (Å²) in [6, 6.07) is 29.7. The van der Waals surface area contributed by atoms with Crippen molar-refractivity contribution in [3.8, 4) is 11.3 Å². The molecule has 4 aromatic rings. The van der Waals surface area contributed by atoms with E-state index in [1.807, 2.05) is 71.6 Å². The van der Waals surface area contributed by atoms with Gasteiger partial charge in [-0.25, -0.2) is 4.98 Å². The zero-order valence-corrected chi connectivity index (χ0v) is 24.0. The molecule has 4 rings (SSSR count). The lowest BCUT2D eigenvalue weighted by Gasteiger charge is -2.40. The van der Waals surface area contributed by atoms with Crippen LogP contribution in [0.15, 0.2) is 97.2 Å². The molecule has 1 atom stereocenters. The van der Waals surface area contributed by atoms with E-state index < -0.39 is 0 Å². The molecule has 0 aliphatic heterocycles. The third kappa shape index (κ3) is 7.54. The SMILES string of the molecule is CC(=O)CNCCCN(C(=O)c1ccccc1)[C@@H](c1nc(-c2ccccc2)cn1Cc1ccccc1)C(C)(C)C. The Bertz CT molecular complexity index is 1380. The molecule has 1 heterocycles. The fourth-order valence-electron chi connectivity index (χ4n) is 5.03. The van der Waals surface area contributed by atoms with Crippen molar-refractivity contribution in [2.24, 2.45) is 5.41 Å². The van der Waals surface area contributed by atoms with Crippen molar-refractivity contribution in [3.63, 3.8) is 0 Å². The number of imidazole rings is 1. The van der Waals surface area contributed by atoms with Crippen LogP contribution < -0.4 is 5.32 Å². The maximum atomic E-state index is 14.1. The van der Waals surface area contributed by atoms with Crippen LogP contribution in [0.1, 0.15) is 61.9 Å². The summed E-state index contributed by atoms with van der Waals surface area (Å²) in [4.78, 5) is 32.8. The lowest BCUT2D eigenvalue weighted by atomic mass is 9.84. The minimum Gasteiger partial charge on any atom is -0.328 e. The van der Waals surface area contributed by atoms with Gasteiger partial charge in [0.15, 0.2) is 0 Å². The molecule has 0 spiro atoms. The van der Waals surface area contributed by atoms with Gasteiger partial charge in [0, 0.05) is 30.4 Å². The molecule has 3 aromatic carbocycles. The van der Waals surface area contributed by atoms with Gasteiger partial charge in [0.1, 0.15) is 11.6 Å². The number of carbonyl (C=O) groups is 2. The van der Waals surface area contributed by atoms with Crippen LogP contribution in [0.4, 0.5) is 0 Å². The molecular weight excluding hydrogens is 496 g/mol. The second kappa shape index (κ2) is 13.4. The van der Waals surface area contributed by atoms with E-state index in [0.717, 1.165) is 17.1 Å². The number of carbonyl (C=O) groups excluding carboxylic acids is 2. The number of nitrogens with zero attached hydrogens (tertiary/aromatic N) is 3. The van der Waals surface area contributed by atoms with Gasteiger partial charge < -0.3 is 14.8 Å². The standard InChI is InChI=1S/C34H40N4O2/c1-26(39)23-35-21-14-22-38(33(40)29-19-12-7-13-20-29)31(34(2,3)4)32-36-30(28-17-10-6-11-18-28)25-37(32)24-27-15-8-5-9-16-27/h5-13,15-20,25,31,35H,14,21-24H2,1-4H3/t31-/m0/s1. The number of nitrogens with one attached hydrogen (secondary N) is 1. The van der Waals surface area contributed by atoms with Crippen LogP contribution in [0.5, 0.6) is 0 Å². The highest BCUT2D eigenvalue weighted by molar-refractivity contribution is 5.94. The van der Waals surface area contributed by atoms with E-state index in [1.165, 1.54) is 5.56 Å². The van der Waals surface area contributed by atoms with E-state index >= 15 is 0 Å². The first kappa shape index (κ1) is 29.0. The van der Waals surface area contributed by atoms with Crippen molar-refractivity contribution >= 4 is 11.7 Å². The first-order chi connectivity index (χ1) is 19.2. The minimum absolute atomic E-state index is 0.0254. The number of aromatic nitrogens is 2. The number of rotatable bonds is 12. The molecule has 0 unspecified atom stereocenters. The lowest BCUT2D eigenvalue weighted by Crippen LogP contribution is -2.43. The molecule has 0 bridgehead atoms. The van der Waals surface area contributed by atoms with Gasteiger partial charge in [-0.2, -0.15) is 0 Å². The number of hydrogen-bond donors (Lipinski definition) is 1. The van der Waals surface area contributed by atoms with Gasteiger partial charge in [-0.05, 0) is 43.0 Å². The van der Waals surface area contributed by atoms with Crippen LogP contribution in [0, 0.1) is 5.41 Å². The van der Waals surface area contributed by atoms with Gasteiger partial charge in [-0.1, -0.05) is 99.6 Å². The summed E-state index contributed by atoms with van der Waals surface area (Å²) >= 11 is 0. The molecule has 1 N–H and O–H groups in total. The Labute approximate surface area is 238 Å². The first-order valence-corrected chi connectivity index (χ1v) is 14.0. The quantitative estimate of drug-likeness (QED) is 0.213. The Morgan fingerprint density at radius 3 is 2.10 bits per heavy atom. The number of hydrogen-bond acceptors (Lipinski definition) is 4. The molecule has 208 valence electrons. The van der Waals surface area contributed by atoms with Crippen molar-refractivity contribution < 1.29 is 9.59 Å². The van der Waals surface area contributed by atoms with Crippen LogP contribution in [-0.2, 0) is 11.3 Å². The minimum atomic E-state index is -0.314. The highest BCUT2D eigenvalue weighted by Crippen LogP contribution is 2.40. The molecule has 6 nitrogen and oxygen atoms in total. The van der Waals surface area contributed by atoms with Crippen LogP contribution in [0.3, 0.4) is 0 Å². The van der Waals surface area contributed by atoms with Crippen molar-refractivity contribution in [2.75, 3.05) is 19.6 Å². The monoisotopic (exact) mass is 536 g/mol. The Morgan fingerprint density at radius 2 is 1.50 bits per heavy atom. The van der Waals surface area contributed by atoms with E-state index in [9.17, 15) is 9.59 Å². The molecule has 0 saturated heterocycles. The van der Waals surface area contributed by atoms with Gasteiger partial charge in [0.2, 0.25) is 0 Å². The predicted octanol–water partition coefficient (Wildman–Crippen LogP) is 6.40. The second-order valence-corrected chi connectivity index (χ2v) is 11.3. The first-order valence-electron chi connectivity index (χ1n) is 14.0. The Hall–Kier alpha value is -4.03. The maximum absolute atomic E-state index is 14.1. The van der Waals surface area contributed by atoms with E-state index in [1.54, 1.807) is 6.92 Å². The van der Waals surface area contributed by atoms with Crippen molar-refractivity contribution in [2.45, 2.75) is 46.7 Å². The summed E-state index contributed by atoms with van der Waals surface area (Å²) in [5.74, 6) is 0.931. The molecule has 0 fully saturated rings. The average Bonchev–Trinajstić information content (AvgIpc) is 3.35. The summed E-state index contributed by atoms with van der Waals surface area (Å²) in [6.45, 7) is 10.2. The fourth-order valence-corrected chi connectivity index (χ4v) is 5.03. The molecule has 6 heteroatoms. The number of amides is 1. The van der Waals surface area contributed by atoms with Crippen molar-refractivity contribution in [1.82, 2.24) is 19.8 Å². The normalized spacial score (nSPS) is 12.2. The third-order valence-electron chi connectivity index (χ3n) is 6.86. The van der Waals surface area contributed by atoms with Gasteiger partial charge >= 0.3 is 0 Å². The van der Waals surface area contributed by atoms with Crippen LogP contribution in [-0.4, -0.2) is 45.8 Å². The molecule has 1 amide bonds. The second-order valence-electron chi connectivity index (χ2n) is 11.3. The molecule has 0 aliphatic carbocycles. The summed E-state index contributed by atoms with van der Waals surface area (Å²) in [7, 11) is 0. The molecule has 0 saturated carbocycles. The van der Waals surface area contributed by atoms with Gasteiger partial charge in [-0.15, -0.1) is 0 Å². The number of benzene rings is 3. The van der Waals surface area contributed by atoms with Crippen LogP contribution in [0.2, 0.25) is 0 Å². The molecule has 0 radical (unpaired) electrons. The molecule has 40 heavy (non-hydrogen) atoms. The summed E-state index contributed by atoms with van der Waals surface area (Å²) < 4.78 is 2.20. The number of ketones is 1. The van der Waals surface area contributed by atoms with Crippen LogP contribution in [0.25, 0.3) is 11.3 Å². The topological polar surface area (TPSA) is 67.2 Å². The summed E-state index contributed by atoms with van der Waals surface area (Å²) in [6.07, 6.45) is 2.82. The van der Waals surface area contributed by atoms with E-state index in [4.69, 9.17) is 4.98 Å². The van der Waals surface area contributed by atoms with Crippen molar-refractivity contribution in [3.05, 3.63) is 114 Å². The largest absolute Gasteiger partial charge is 0.328 e. The molecular formula is C34H40N4O2. The third-order valence-corrected chi connectivity index (χ3v) is 6.86. The van der Waals surface area contributed by atoms with Gasteiger partial charge in [0.05, 0.1) is 18.3 Å².